The van der Waals surface area contributed by atoms with Crippen molar-refractivity contribution >= 4 is 21.9 Å². The number of aromatic nitrogens is 1. The Labute approximate surface area is 170 Å². The normalized spacial score (nSPS) is 16.9. The van der Waals surface area contributed by atoms with Crippen molar-refractivity contribution in [1.82, 2.24) is 15.2 Å². The fraction of sp³-hybridized carbons (Fsp3) is 0.476. The molecule has 2 aromatic rings. The van der Waals surface area contributed by atoms with Gasteiger partial charge in [0.25, 0.3) is 0 Å². The van der Waals surface area contributed by atoms with E-state index >= 15 is 0 Å². The van der Waals surface area contributed by atoms with E-state index in [1.54, 1.807) is 0 Å². The van der Waals surface area contributed by atoms with Crippen molar-refractivity contribution in [2.45, 2.75) is 31.7 Å². The van der Waals surface area contributed by atoms with Crippen LogP contribution in [0, 0.1) is 0 Å². The Bertz CT molecular complexity index is 706. The number of aliphatic imine (C=N–C) groups is 1. The van der Waals surface area contributed by atoms with Crippen molar-refractivity contribution in [3.63, 3.8) is 0 Å². The summed E-state index contributed by atoms with van der Waals surface area (Å²) in [5, 5.41) is 6.83. The fourth-order valence-corrected chi connectivity index (χ4v) is 3.76. The predicted octanol–water partition coefficient (Wildman–Crippen LogP) is 3.55. The second-order valence-corrected chi connectivity index (χ2v) is 7.86. The molecule has 1 aromatic heterocycles. The van der Waals surface area contributed by atoms with Crippen LogP contribution in [0.1, 0.15) is 25.3 Å². The molecule has 0 spiro atoms. The molecule has 0 unspecified atom stereocenters. The fourth-order valence-electron chi connectivity index (χ4n) is 3.50. The lowest BCUT2D eigenvalue weighted by Crippen LogP contribution is -2.42. The van der Waals surface area contributed by atoms with E-state index in [2.05, 4.69) is 74.7 Å². The minimum atomic E-state index is 0.0434. The lowest BCUT2D eigenvalue weighted by atomic mass is 9.74. The van der Waals surface area contributed by atoms with Crippen LogP contribution in [-0.4, -0.2) is 43.4 Å². The molecular weight excluding hydrogens is 404 g/mol. The highest BCUT2D eigenvalue weighted by Crippen LogP contribution is 2.35. The quantitative estimate of drug-likeness (QED) is 0.519. The molecule has 1 aromatic carbocycles. The van der Waals surface area contributed by atoms with Gasteiger partial charge in [-0.1, -0.05) is 28.1 Å². The van der Waals surface area contributed by atoms with Crippen LogP contribution < -0.4 is 10.6 Å². The van der Waals surface area contributed by atoms with Gasteiger partial charge in [-0.25, -0.2) is 0 Å². The van der Waals surface area contributed by atoms with E-state index in [9.17, 15) is 0 Å². The molecule has 0 saturated carbocycles. The van der Waals surface area contributed by atoms with Gasteiger partial charge < -0.3 is 19.9 Å². The SMILES string of the molecule is CCNC(=NCC1(c2ccc(Br)cc2)CCOCC1)NCCn1cccc1. The van der Waals surface area contributed by atoms with Crippen molar-refractivity contribution < 1.29 is 4.74 Å². The first-order valence-electron chi connectivity index (χ1n) is 9.69. The third kappa shape index (κ3) is 5.59. The van der Waals surface area contributed by atoms with Crippen molar-refractivity contribution in [2.75, 3.05) is 32.8 Å². The average molecular weight is 433 g/mol. The van der Waals surface area contributed by atoms with Crippen molar-refractivity contribution in [3.05, 3.63) is 58.8 Å². The molecule has 1 aliphatic rings. The van der Waals surface area contributed by atoms with Crippen LogP contribution in [0.15, 0.2) is 58.3 Å². The first kappa shape index (κ1) is 20.0. The first-order valence-corrected chi connectivity index (χ1v) is 10.5. The largest absolute Gasteiger partial charge is 0.381 e. The minimum absolute atomic E-state index is 0.0434. The van der Waals surface area contributed by atoms with Gasteiger partial charge in [-0.05, 0) is 49.6 Å². The number of ether oxygens (including phenoxy) is 1. The highest BCUT2D eigenvalue weighted by molar-refractivity contribution is 9.10. The van der Waals surface area contributed by atoms with Crippen LogP contribution in [0.5, 0.6) is 0 Å². The maximum absolute atomic E-state index is 5.64. The molecule has 6 heteroatoms. The van der Waals surface area contributed by atoms with Crippen LogP contribution in [-0.2, 0) is 16.7 Å². The molecule has 0 radical (unpaired) electrons. The van der Waals surface area contributed by atoms with Gasteiger partial charge in [0.2, 0.25) is 0 Å². The molecule has 0 amide bonds. The van der Waals surface area contributed by atoms with Gasteiger partial charge in [-0.15, -0.1) is 0 Å². The molecular formula is C21H29BrN4O. The number of nitrogens with zero attached hydrogens (tertiary/aromatic N) is 2. The highest BCUT2D eigenvalue weighted by Gasteiger charge is 2.34. The summed E-state index contributed by atoms with van der Waals surface area (Å²) < 4.78 is 8.91. The summed E-state index contributed by atoms with van der Waals surface area (Å²) in [4.78, 5) is 4.94. The molecule has 5 nitrogen and oxygen atoms in total. The maximum Gasteiger partial charge on any atom is 0.191 e. The summed E-state index contributed by atoms with van der Waals surface area (Å²) in [5.41, 5.74) is 1.39. The van der Waals surface area contributed by atoms with Crippen LogP contribution in [0.2, 0.25) is 0 Å². The molecule has 3 rings (SSSR count). The molecule has 1 saturated heterocycles. The van der Waals surface area contributed by atoms with E-state index in [0.717, 1.165) is 62.7 Å². The zero-order valence-electron chi connectivity index (χ0n) is 16.0. The van der Waals surface area contributed by atoms with E-state index in [0.29, 0.717) is 0 Å². The summed E-state index contributed by atoms with van der Waals surface area (Å²) in [7, 11) is 0. The van der Waals surface area contributed by atoms with Crippen LogP contribution in [0.25, 0.3) is 0 Å². The number of halogens is 1. The standard InChI is InChI=1S/C21H29BrN4O/c1-2-23-20(24-11-14-26-12-3-4-13-26)25-17-21(9-15-27-16-10-21)18-5-7-19(22)8-6-18/h3-8,12-13H,2,9-11,14-17H2,1H3,(H2,23,24,25). The Balaban J connectivity index is 1.69. The molecule has 0 aliphatic carbocycles. The zero-order valence-corrected chi connectivity index (χ0v) is 17.5. The minimum Gasteiger partial charge on any atom is -0.381 e. The Kier molecular flexibility index (Phi) is 7.35. The molecule has 27 heavy (non-hydrogen) atoms. The summed E-state index contributed by atoms with van der Waals surface area (Å²) >= 11 is 3.54. The monoisotopic (exact) mass is 432 g/mol. The van der Waals surface area contributed by atoms with Gasteiger partial charge in [0.05, 0.1) is 6.54 Å². The average Bonchev–Trinajstić information content (AvgIpc) is 3.21. The molecule has 2 N–H and O–H groups in total. The lowest BCUT2D eigenvalue weighted by molar-refractivity contribution is 0.0531. The van der Waals surface area contributed by atoms with Crippen LogP contribution in [0.4, 0.5) is 0 Å². The third-order valence-corrected chi connectivity index (χ3v) is 5.65. The zero-order chi connectivity index (χ0) is 19.0. The second-order valence-electron chi connectivity index (χ2n) is 6.94. The number of nitrogens with one attached hydrogen (secondary N) is 2. The first-order chi connectivity index (χ1) is 13.2. The Hall–Kier alpha value is -1.79. The number of rotatable bonds is 7. The van der Waals surface area contributed by atoms with E-state index < -0.39 is 0 Å². The Morgan fingerprint density at radius 2 is 1.85 bits per heavy atom. The van der Waals surface area contributed by atoms with Crippen LogP contribution in [0.3, 0.4) is 0 Å². The second kappa shape index (κ2) is 9.95. The number of guanidine groups is 1. The summed E-state index contributed by atoms with van der Waals surface area (Å²) in [6.45, 7) is 7.06. The Morgan fingerprint density at radius 1 is 1.15 bits per heavy atom. The number of hydrogen-bond donors (Lipinski definition) is 2. The maximum atomic E-state index is 5.64. The molecule has 1 aliphatic heterocycles. The summed E-state index contributed by atoms with van der Waals surface area (Å²) in [6, 6.07) is 12.8. The molecule has 1 fully saturated rings. The molecule has 0 bridgehead atoms. The van der Waals surface area contributed by atoms with E-state index in [1.807, 2.05) is 12.1 Å². The van der Waals surface area contributed by atoms with E-state index in [4.69, 9.17) is 9.73 Å². The van der Waals surface area contributed by atoms with E-state index in [1.165, 1.54) is 5.56 Å². The van der Waals surface area contributed by atoms with Crippen molar-refractivity contribution in [3.8, 4) is 0 Å². The van der Waals surface area contributed by atoms with Gasteiger partial charge in [0.1, 0.15) is 0 Å². The van der Waals surface area contributed by atoms with Gasteiger partial charge in [-0.2, -0.15) is 0 Å². The number of benzene rings is 1. The topological polar surface area (TPSA) is 50.6 Å². The van der Waals surface area contributed by atoms with Gasteiger partial charge >= 0.3 is 0 Å². The summed E-state index contributed by atoms with van der Waals surface area (Å²) in [5.74, 6) is 0.882. The van der Waals surface area contributed by atoms with Gasteiger partial charge in [0, 0.05) is 55.1 Å². The lowest BCUT2D eigenvalue weighted by Gasteiger charge is -2.36. The smallest absolute Gasteiger partial charge is 0.191 e. The van der Waals surface area contributed by atoms with Crippen molar-refractivity contribution in [2.24, 2.45) is 4.99 Å². The highest BCUT2D eigenvalue weighted by atomic mass is 79.9. The molecule has 2 heterocycles. The number of hydrogen-bond acceptors (Lipinski definition) is 2. The van der Waals surface area contributed by atoms with Gasteiger partial charge in [0.15, 0.2) is 5.96 Å². The van der Waals surface area contributed by atoms with Crippen molar-refractivity contribution in [1.29, 1.82) is 0 Å². The van der Waals surface area contributed by atoms with Crippen LogP contribution >= 0.6 is 15.9 Å². The van der Waals surface area contributed by atoms with Gasteiger partial charge in [-0.3, -0.25) is 4.99 Å². The molecule has 0 atom stereocenters. The molecule has 146 valence electrons. The van der Waals surface area contributed by atoms with E-state index in [-0.39, 0.29) is 5.41 Å². The Morgan fingerprint density at radius 3 is 2.52 bits per heavy atom. The predicted molar refractivity (Wildman–Crippen MR) is 114 cm³/mol. The summed E-state index contributed by atoms with van der Waals surface area (Å²) in [6.07, 6.45) is 6.16. The third-order valence-electron chi connectivity index (χ3n) is 5.12.